The third kappa shape index (κ3) is 3.48. The van der Waals surface area contributed by atoms with Crippen molar-refractivity contribution in [3.05, 3.63) is 125 Å². The molecule has 8 rings (SSSR count). The maximum Gasteiger partial charge on any atom is 0.271 e. The van der Waals surface area contributed by atoms with Crippen molar-refractivity contribution in [2.24, 2.45) is 16.9 Å². The lowest BCUT2D eigenvalue weighted by Crippen LogP contribution is -2.54. The first-order valence-electron chi connectivity index (χ1n) is 13.7. The van der Waals surface area contributed by atoms with Gasteiger partial charge in [0, 0.05) is 17.7 Å². The van der Waals surface area contributed by atoms with E-state index in [1.54, 1.807) is 54.7 Å². The molecule has 2 bridgehead atoms. The quantitative estimate of drug-likeness (QED) is 0.211. The van der Waals surface area contributed by atoms with E-state index in [4.69, 9.17) is 9.47 Å². The van der Waals surface area contributed by atoms with E-state index in [1.807, 2.05) is 48.5 Å². The fourth-order valence-corrected chi connectivity index (χ4v) is 7.12. The normalized spacial score (nSPS) is 23.4. The topological polar surface area (TPSA) is 97.3 Å². The molecule has 0 unspecified atom stereocenters. The second-order valence-corrected chi connectivity index (χ2v) is 10.6. The SMILES string of the molecule is COc1cccc(C(=O)N/N=C\C23c4ccccc4C(c4ccccc42)[C@H]2C(=O)N(c4ccccc4OC)C(=O)[C@H]23)c1. The molecular weight excluding hydrogens is 530 g/mol. The van der Waals surface area contributed by atoms with Crippen LogP contribution in [-0.4, -0.2) is 38.2 Å². The van der Waals surface area contributed by atoms with E-state index >= 15 is 0 Å². The van der Waals surface area contributed by atoms with E-state index in [2.05, 4.69) is 10.5 Å². The second kappa shape index (κ2) is 9.69. The van der Waals surface area contributed by atoms with Gasteiger partial charge in [0.1, 0.15) is 11.5 Å². The summed E-state index contributed by atoms with van der Waals surface area (Å²) in [6.45, 7) is 0. The molecule has 0 aromatic heterocycles. The van der Waals surface area contributed by atoms with Gasteiger partial charge in [-0.1, -0.05) is 66.7 Å². The molecule has 4 aromatic carbocycles. The Morgan fingerprint density at radius 1 is 0.833 bits per heavy atom. The Morgan fingerprint density at radius 2 is 1.50 bits per heavy atom. The number of nitrogens with one attached hydrogen (secondary N) is 1. The van der Waals surface area contributed by atoms with Crippen LogP contribution in [0, 0.1) is 11.8 Å². The molecule has 8 nitrogen and oxygen atoms in total. The third-order valence-electron chi connectivity index (χ3n) is 8.78. The first-order valence-corrected chi connectivity index (χ1v) is 13.7. The van der Waals surface area contributed by atoms with Gasteiger partial charge in [-0.3, -0.25) is 14.4 Å². The second-order valence-electron chi connectivity index (χ2n) is 10.6. The van der Waals surface area contributed by atoms with Gasteiger partial charge in [0.15, 0.2) is 0 Å². The minimum atomic E-state index is -1.10. The average molecular weight is 558 g/mol. The Labute approximate surface area is 242 Å². The number of anilines is 1. The van der Waals surface area contributed by atoms with Crippen molar-refractivity contribution in [3.8, 4) is 11.5 Å². The zero-order valence-electron chi connectivity index (χ0n) is 23.0. The molecule has 0 saturated carbocycles. The largest absolute Gasteiger partial charge is 0.497 e. The van der Waals surface area contributed by atoms with Crippen LogP contribution in [0.4, 0.5) is 5.69 Å². The number of hydrogen-bond donors (Lipinski definition) is 1. The van der Waals surface area contributed by atoms with Gasteiger partial charge in [-0.05, 0) is 52.6 Å². The molecule has 42 heavy (non-hydrogen) atoms. The average Bonchev–Trinajstić information content (AvgIpc) is 3.31. The summed E-state index contributed by atoms with van der Waals surface area (Å²) >= 11 is 0. The number of carbonyl (C=O) groups excluding carboxylic acids is 3. The molecule has 208 valence electrons. The lowest BCUT2D eigenvalue weighted by atomic mass is 9.47. The van der Waals surface area contributed by atoms with Gasteiger partial charge in [-0.15, -0.1) is 0 Å². The summed E-state index contributed by atoms with van der Waals surface area (Å²) in [7, 11) is 3.05. The maximum atomic E-state index is 14.5. The monoisotopic (exact) mass is 557 g/mol. The Morgan fingerprint density at radius 3 is 2.19 bits per heavy atom. The van der Waals surface area contributed by atoms with Crippen LogP contribution in [0.2, 0.25) is 0 Å². The number of amides is 3. The molecule has 4 aromatic rings. The van der Waals surface area contributed by atoms with Crippen LogP contribution >= 0.6 is 0 Å². The predicted molar refractivity (Wildman–Crippen MR) is 157 cm³/mol. The summed E-state index contributed by atoms with van der Waals surface area (Å²) in [5.74, 6) is -1.78. The molecule has 2 atom stereocenters. The van der Waals surface area contributed by atoms with Crippen molar-refractivity contribution < 1.29 is 23.9 Å². The fourth-order valence-electron chi connectivity index (χ4n) is 7.12. The van der Waals surface area contributed by atoms with Crippen molar-refractivity contribution in [2.75, 3.05) is 19.1 Å². The van der Waals surface area contributed by atoms with E-state index in [0.717, 1.165) is 22.3 Å². The summed E-state index contributed by atoms with van der Waals surface area (Å²) in [6, 6.07) is 29.6. The highest BCUT2D eigenvalue weighted by Gasteiger charge is 2.68. The van der Waals surface area contributed by atoms with Gasteiger partial charge in [0.05, 0.1) is 37.2 Å². The number of ether oxygens (including phenoxy) is 2. The lowest BCUT2D eigenvalue weighted by Gasteiger charge is -2.52. The van der Waals surface area contributed by atoms with Gasteiger partial charge in [0.2, 0.25) is 11.8 Å². The smallest absolute Gasteiger partial charge is 0.271 e. The van der Waals surface area contributed by atoms with Gasteiger partial charge in [-0.2, -0.15) is 5.10 Å². The van der Waals surface area contributed by atoms with Gasteiger partial charge < -0.3 is 9.47 Å². The molecule has 1 fully saturated rings. The van der Waals surface area contributed by atoms with E-state index < -0.39 is 23.2 Å². The minimum absolute atomic E-state index is 0.276. The molecule has 8 heteroatoms. The number of imide groups is 1. The van der Waals surface area contributed by atoms with Crippen LogP contribution in [0.1, 0.15) is 38.5 Å². The number of hydrazone groups is 1. The van der Waals surface area contributed by atoms with E-state index in [1.165, 1.54) is 19.1 Å². The Bertz CT molecular complexity index is 1750. The summed E-state index contributed by atoms with van der Waals surface area (Å²) < 4.78 is 10.8. The fraction of sp³-hybridized carbons (Fsp3) is 0.176. The molecule has 1 aliphatic heterocycles. The summed E-state index contributed by atoms with van der Waals surface area (Å²) in [5.41, 5.74) is 6.10. The van der Waals surface area contributed by atoms with Gasteiger partial charge >= 0.3 is 0 Å². The molecule has 0 spiro atoms. The first-order chi connectivity index (χ1) is 20.5. The summed E-state index contributed by atoms with van der Waals surface area (Å²) in [6.07, 6.45) is 1.65. The van der Waals surface area contributed by atoms with Crippen LogP contribution in [-0.2, 0) is 15.0 Å². The third-order valence-corrected chi connectivity index (χ3v) is 8.78. The number of nitrogens with zero attached hydrogens (tertiary/aromatic N) is 2. The molecule has 3 aliphatic carbocycles. The molecule has 1 saturated heterocycles. The molecule has 0 radical (unpaired) electrons. The van der Waals surface area contributed by atoms with Crippen molar-refractivity contribution >= 4 is 29.6 Å². The van der Waals surface area contributed by atoms with Gasteiger partial charge in [-0.25, -0.2) is 10.3 Å². The predicted octanol–water partition coefficient (Wildman–Crippen LogP) is 4.67. The summed E-state index contributed by atoms with van der Waals surface area (Å²) in [5, 5.41) is 4.47. The molecule has 1 N–H and O–H groups in total. The van der Waals surface area contributed by atoms with Crippen LogP contribution < -0.4 is 19.8 Å². The highest BCUT2D eigenvalue weighted by atomic mass is 16.5. The molecule has 1 heterocycles. The van der Waals surface area contributed by atoms with Crippen molar-refractivity contribution in [1.29, 1.82) is 0 Å². The van der Waals surface area contributed by atoms with Crippen LogP contribution in [0.3, 0.4) is 0 Å². The van der Waals surface area contributed by atoms with Crippen molar-refractivity contribution in [2.45, 2.75) is 11.3 Å². The number of rotatable bonds is 6. The van der Waals surface area contributed by atoms with Crippen molar-refractivity contribution in [3.63, 3.8) is 0 Å². The van der Waals surface area contributed by atoms with Gasteiger partial charge in [0.25, 0.3) is 5.91 Å². The van der Waals surface area contributed by atoms with Crippen LogP contribution in [0.5, 0.6) is 11.5 Å². The zero-order chi connectivity index (χ0) is 29.0. The minimum Gasteiger partial charge on any atom is -0.497 e. The Hall–Kier alpha value is -5.24. The zero-order valence-corrected chi connectivity index (χ0v) is 23.0. The van der Waals surface area contributed by atoms with E-state index in [0.29, 0.717) is 22.7 Å². The number of para-hydroxylation sites is 2. The molecule has 4 aliphatic rings. The number of benzene rings is 4. The van der Waals surface area contributed by atoms with Crippen LogP contribution in [0.15, 0.2) is 102 Å². The lowest BCUT2D eigenvalue weighted by molar-refractivity contribution is -0.122. The molecule has 3 amide bonds. The molecular formula is C34H27N3O5. The highest BCUT2D eigenvalue weighted by molar-refractivity contribution is 6.25. The highest BCUT2D eigenvalue weighted by Crippen LogP contribution is 2.63. The Balaban J connectivity index is 1.39. The standard InChI is InChI=1S/C34H27N3O5/c1-41-21-11-9-10-20(18-21)31(38)36-35-19-34-24-14-5-3-12-22(24)28(23-13-4-6-15-25(23)34)29-30(34)33(40)37(32(29)39)26-16-7-8-17-27(26)42-2/h3-19,28-30H,1-2H3,(H,36,38)/b35-19-/t28?,29-,30+,34?/m1/s1. The number of hydrogen-bond acceptors (Lipinski definition) is 6. The number of carbonyl (C=O) groups is 3. The summed E-state index contributed by atoms with van der Waals surface area (Å²) in [4.78, 5) is 43.2. The van der Waals surface area contributed by atoms with E-state index in [-0.39, 0.29) is 17.7 Å². The first kappa shape index (κ1) is 25.7. The van der Waals surface area contributed by atoms with Crippen LogP contribution in [0.25, 0.3) is 0 Å². The number of methoxy groups -OCH3 is 2. The Kier molecular flexibility index (Phi) is 5.93. The van der Waals surface area contributed by atoms with Crippen molar-refractivity contribution in [1.82, 2.24) is 5.43 Å². The van der Waals surface area contributed by atoms with E-state index in [9.17, 15) is 14.4 Å². The maximum absolute atomic E-state index is 14.5.